The number of benzene rings is 1. The van der Waals surface area contributed by atoms with E-state index in [1.807, 2.05) is 13.8 Å². The molecule has 0 radical (unpaired) electrons. The molecular formula is C16H19N3O4S2. The molecule has 0 aliphatic carbocycles. The highest BCUT2D eigenvalue weighted by Gasteiger charge is 2.23. The third kappa shape index (κ3) is 4.88. The van der Waals surface area contributed by atoms with E-state index >= 15 is 0 Å². The summed E-state index contributed by atoms with van der Waals surface area (Å²) in [5.41, 5.74) is 5.42. The second-order valence-electron chi connectivity index (χ2n) is 5.49. The zero-order valence-electron chi connectivity index (χ0n) is 14.1. The molecule has 2 N–H and O–H groups in total. The van der Waals surface area contributed by atoms with Gasteiger partial charge in [0.25, 0.3) is 11.8 Å². The number of hydrogen-bond donors (Lipinski definition) is 2. The van der Waals surface area contributed by atoms with Crippen LogP contribution in [0.4, 0.5) is 0 Å². The van der Waals surface area contributed by atoms with Crippen LogP contribution in [0.15, 0.2) is 41.3 Å². The summed E-state index contributed by atoms with van der Waals surface area (Å²) in [4.78, 5) is 25.3. The lowest BCUT2D eigenvalue weighted by molar-refractivity contribution is -0.121. The van der Waals surface area contributed by atoms with Crippen LogP contribution in [-0.4, -0.2) is 38.1 Å². The molecule has 2 rings (SSSR count). The Morgan fingerprint density at radius 2 is 1.68 bits per heavy atom. The molecule has 1 heterocycles. The van der Waals surface area contributed by atoms with Gasteiger partial charge in [0, 0.05) is 11.9 Å². The summed E-state index contributed by atoms with van der Waals surface area (Å²) < 4.78 is 25.7. The number of rotatable bonds is 5. The van der Waals surface area contributed by atoms with E-state index in [1.165, 1.54) is 30.5 Å². The van der Waals surface area contributed by atoms with Gasteiger partial charge in [0.1, 0.15) is 0 Å². The number of carbonyl (C=O) groups is 2. The van der Waals surface area contributed by atoms with Gasteiger partial charge >= 0.3 is 0 Å². The van der Waals surface area contributed by atoms with Crippen molar-refractivity contribution in [3.05, 3.63) is 51.7 Å². The fraction of sp³-hybridized carbons (Fsp3) is 0.250. The average molecular weight is 381 g/mol. The highest BCUT2D eigenvalue weighted by Crippen LogP contribution is 2.15. The number of nitrogens with zero attached hydrogens (tertiary/aromatic N) is 1. The summed E-state index contributed by atoms with van der Waals surface area (Å²) in [6.07, 6.45) is 0. The zero-order chi connectivity index (χ0) is 18.6. The number of likely N-dealkylation sites (N-methyl/N-ethyl adjacent to an activating group) is 1. The monoisotopic (exact) mass is 381 g/mol. The number of thiophene rings is 1. The van der Waals surface area contributed by atoms with E-state index in [4.69, 9.17) is 0 Å². The fourth-order valence-electron chi connectivity index (χ4n) is 1.96. The maximum atomic E-state index is 12.4. The molecule has 7 nitrogen and oxygen atoms in total. The number of carbonyl (C=O) groups excluding carboxylic acids is 2. The number of hydrogen-bond acceptors (Lipinski definition) is 5. The van der Waals surface area contributed by atoms with Gasteiger partial charge in [0.05, 0.1) is 16.3 Å². The molecule has 0 aliphatic heterocycles. The first-order valence-corrected chi connectivity index (χ1v) is 9.64. The van der Waals surface area contributed by atoms with Gasteiger partial charge < -0.3 is 0 Å². The van der Waals surface area contributed by atoms with Crippen molar-refractivity contribution in [3.8, 4) is 0 Å². The van der Waals surface area contributed by atoms with E-state index < -0.39 is 28.4 Å². The van der Waals surface area contributed by atoms with Crippen LogP contribution in [0.5, 0.6) is 0 Å². The Morgan fingerprint density at radius 1 is 1.04 bits per heavy atom. The van der Waals surface area contributed by atoms with Crippen LogP contribution in [-0.2, 0) is 14.8 Å². The smallest absolute Gasteiger partial charge is 0.272 e. The average Bonchev–Trinajstić information content (AvgIpc) is 2.99. The largest absolute Gasteiger partial charge is 0.279 e. The molecule has 134 valence electrons. The van der Waals surface area contributed by atoms with Gasteiger partial charge in [-0.25, -0.2) is 8.42 Å². The van der Waals surface area contributed by atoms with Crippen molar-refractivity contribution >= 4 is 33.2 Å². The van der Waals surface area contributed by atoms with Crippen LogP contribution in [0.2, 0.25) is 0 Å². The first-order valence-electron chi connectivity index (χ1n) is 7.39. The van der Waals surface area contributed by atoms with Crippen LogP contribution >= 0.6 is 11.3 Å². The molecule has 1 aromatic carbocycles. The lowest BCUT2D eigenvalue weighted by Gasteiger charge is -2.17. The third-order valence-corrected chi connectivity index (χ3v) is 6.19. The highest BCUT2D eigenvalue weighted by atomic mass is 32.2. The quantitative estimate of drug-likeness (QED) is 0.766. The first-order chi connectivity index (χ1) is 11.7. The molecule has 1 aromatic heterocycles. The summed E-state index contributed by atoms with van der Waals surface area (Å²) >= 11 is 1.29. The normalized spacial score (nSPS) is 11.4. The van der Waals surface area contributed by atoms with E-state index in [0.717, 1.165) is 14.7 Å². The molecule has 0 bridgehead atoms. The molecule has 0 unspecified atom stereocenters. The summed E-state index contributed by atoms with van der Waals surface area (Å²) in [5.74, 6) is -1.09. The number of aryl methyl sites for hydroxylation is 2. The van der Waals surface area contributed by atoms with Crippen molar-refractivity contribution in [1.29, 1.82) is 0 Å². The van der Waals surface area contributed by atoms with Crippen molar-refractivity contribution in [2.75, 3.05) is 13.6 Å². The molecule has 9 heteroatoms. The maximum Gasteiger partial charge on any atom is 0.279 e. The lowest BCUT2D eigenvalue weighted by Crippen LogP contribution is -2.46. The Labute approximate surface area is 150 Å². The SMILES string of the molecule is Cc1ccc(S(=O)(=O)N(C)CC(=O)NNC(=O)c2ccc(C)s2)cc1. The van der Waals surface area contributed by atoms with E-state index in [9.17, 15) is 18.0 Å². The van der Waals surface area contributed by atoms with Crippen molar-refractivity contribution < 1.29 is 18.0 Å². The Balaban J connectivity index is 1.93. The second-order valence-corrected chi connectivity index (χ2v) is 8.82. The van der Waals surface area contributed by atoms with Gasteiger partial charge in [-0.2, -0.15) is 4.31 Å². The summed E-state index contributed by atoms with van der Waals surface area (Å²) in [5, 5.41) is 0. The third-order valence-electron chi connectivity index (χ3n) is 3.38. The molecule has 2 aromatic rings. The minimum absolute atomic E-state index is 0.103. The zero-order valence-corrected chi connectivity index (χ0v) is 15.7. The number of nitrogens with one attached hydrogen (secondary N) is 2. The van der Waals surface area contributed by atoms with Crippen LogP contribution in [0, 0.1) is 13.8 Å². The molecule has 2 amide bonds. The van der Waals surface area contributed by atoms with E-state index in [0.29, 0.717) is 4.88 Å². The maximum absolute atomic E-state index is 12.4. The van der Waals surface area contributed by atoms with Crippen LogP contribution < -0.4 is 10.9 Å². The minimum atomic E-state index is -3.78. The second kappa shape index (κ2) is 7.77. The fourth-order valence-corrected chi connectivity index (χ4v) is 3.85. The number of hydrazine groups is 1. The number of sulfonamides is 1. The van der Waals surface area contributed by atoms with Gasteiger partial charge in [0.15, 0.2) is 0 Å². The first kappa shape index (κ1) is 19.1. The van der Waals surface area contributed by atoms with Crippen molar-refractivity contribution in [1.82, 2.24) is 15.2 Å². The Bertz CT molecular complexity index is 873. The standard InChI is InChI=1S/C16H19N3O4S2/c1-11-4-7-13(8-5-11)25(22,23)19(3)10-15(20)17-18-16(21)14-9-6-12(2)24-14/h4-9H,10H2,1-3H3,(H,17,20)(H,18,21). The Morgan fingerprint density at radius 3 is 2.24 bits per heavy atom. The van der Waals surface area contributed by atoms with Crippen molar-refractivity contribution in [2.24, 2.45) is 0 Å². The van der Waals surface area contributed by atoms with Gasteiger partial charge in [-0.3, -0.25) is 20.4 Å². The minimum Gasteiger partial charge on any atom is -0.272 e. The molecule has 0 saturated carbocycles. The lowest BCUT2D eigenvalue weighted by atomic mass is 10.2. The van der Waals surface area contributed by atoms with Gasteiger partial charge in [-0.1, -0.05) is 17.7 Å². The van der Waals surface area contributed by atoms with Gasteiger partial charge in [-0.05, 0) is 38.1 Å². The predicted octanol–water partition coefficient (Wildman–Crippen LogP) is 1.45. The Kier molecular flexibility index (Phi) is 5.93. The molecule has 0 spiro atoms. The van der Waals surface area contributed by atoms with E-state index in [-0.39, 0.29) is 4.90 Å². The molecular weight excluding hydrogens is 362 g/mol. The Hall–Kier alpha value is -2.23. The molecule has 0 atom stereocenters. The van der Waals surface area contributed by atoms with Gasteiger partial charge in [0.2, 0.25) is 10.0 Å². The number of amides is 2. The molecule has 0 fully saturated rings. The highest BCUT2D eigenvalue weighted by molar-refractivity contribution is 7.89. The molecule has 0 saturated heterocycles. The van der Waals surface area contributed by atoms with E-state index in [2.05, 4.69) is 10.9 Å². The van der Waals surface area contributed by atoms with E-state index in [1.54, 1.807) is 24.3 Å². The van der Waals surface area contributed by atoms with Crippen LogP contribution in [0.3, 0.4) is 0 Å². The topological polar surface area (TPSA) is 95.6 Å². The van der Waals surface area contributed by atoms with Crippen LogP contribution in [0.25, 0.3) is 0 Å². The molecule has 0 aliphatic rings. The summed E-state index contributed by atoms with van der Waals surface area (Å²) in [7, 11) is -2.47. The summed E-state index contributed by atoms with van der Waals surface area (Å²) in [6.45, 7) is 3.30. The van der Waals surface area contributed by atoms with Crippen molar-refractivity contribution in [3.63, 3.8) is 0 Å². The summed E-state index contributed by atoms with van der Waals surface area (Å²) in [6, 6.07) is 9.78. The molecule has 25 heavy (non-hydrogen) atoms. The predicted molar refractivity (Wildman–Crippen MR) is 95.7 cm³/mol. The van der Waals surface area contributed by atoms with Gasteiger partial charge in [-0.15, -0.1) is 11.3 Å². The van der Waals surface area contributed by atoms with Crippen LogP contribution in [0.1, 0.15) is 20.1 Å². The van der Waals surface area contributed by atoms with Crippen molar-refractivity contribution in [2.45, 2.75) is 18.7 Å².